The van der Waals surface area contributed by atoms with Gasteiger partial charge in [-0.15, -0.1) is 0 Å². The van der Waals surface area contributed by atoms with Crippen LogP contribution < -0.4 is 4.80 Å². The first kappa shape index (κ1) is 20.9. The summed E-state index contributed by atoms with van der Waals surface area (Å²) >= 11 is 1.17. The van der Waals surface area contributed by atoms with Crippen LogP contribution in [-0.2, 0) is 21.7 Å². The smallest absolute Gasteiger partial charge is 0.270 e. The number of nitrogens with zero attached hydrogens (tertiary/aromatic N) is 3. The minimum atomic E-state index is -3.45. The number of hydrogen-bond acceptors (Lipinski definition) is 6. The zero-order valence-electron chi connectivity index (χ0n) is 15.9. The molecule has 0 atom stereocenters. The summed E-state index contributed by atoms with van der Waals surface area (Å²) in [5.74, 6) is -0.567. The van der Waals surface area contributed by atoms with E-state index in [1.54, 1.807) is 41.9 Å². The van der Waals surface area contributed by atoms with Crippen molar-refractivity contribution in [3.8, 4) is 0 Å². The van der Waals surface area contributed by atoms with E-state index in [1.807, 2.05) is 6.92 Å². The van der Waals surface area contributed by atoms with Gasteiger partial charge in [0.15, 0.2) is 14.6 Å². The van der Waals surface area contributed by atoms with Crippen LogP contribution in [0.25, 0.3) is 10.2 Å². The van der Waals surface area contributed by atoms with Gasteiger partial charge in [-0.25, -0.2) is 8.42 Å². The van der Waals surface area contributed by atoms with Gasteiger partial charge >= 0.3 is 0 Å². The Kier molecular flexibility index (Phi) is 5.94. The first-order chi connectivity index (χ1) is 13.7. The lowest BCUT2D eigenvalue weighted by molar-refractivity contribution is -0.384. The van der Waals surface area contributed by atoms with Gasteiger partial charge in [-0.3, -0.25) is 14.9 Å². The standard InChI is InChI=1S/C19H19N3O5S2/c1-13-5-8-15(9-6-13)29(26,27)11-3-4-18(23)20-19-21(2)16-10-7-14(22(24)25)12-17(16)28-19/h5-10,12H,3-4,11H2,1-2H3. The topological polar surface area (TPSA) is 112 Å². The second-order valence-corrected chi connectivity index (χ2v) is 9.71. The number of nitro benzene ring substituents is 1. The molecule has 8 nitrogen and oxygen atoms in total. The molecule has 29 heavy (non-hydrogen) atoms. The van der Waals surface area contributed by atoms with Crippen molar-refractivity contribution in [1.29, 1.82) is 0 Å². The molecule has 1 amide bonds. The Morgan fingerprint density at radius 2 is 1.90 bits per heavy atom. The van der Waals surface area contributed by atoms with Crippen LogP contribution in [0.5, 0.6) is 0 Å². The molecule has 152 valence electrons. The van der Waals surface area contributed by atoms with Crippen LogP contribution >= 0.6 is 11.3 Å². The van der Waals surface area contributed by atoms with Gasteiger partial charge in [0.1, 0.15) is 0 Å². The number of aromatic nitrogens is 1. The zero-order valence-corrected chi connectivity index (χ0v) is 17.5. The number of non-ortho nitro benzene ring substituents is 1. The van der Waals surface area contributed by atoms with Crippen molar-refractivity contribution >= 4 is 43.0 Å². The van der Waals surface area contributed by atoms with E-state index in [2.05, 4.69) is 4.99 Å². The molecule has 1 aromatic heterocycles. The van der Waals surface area contributed by atoms with Gasteiger partial charge in [-0.2, -0.15) is 4.99 Å². The molecule has 3 aromatic rings. The van der Waals surface area contributed by atoms with Crippen LogP contribution in [0.4, 0.5) is 5.69 Å². The van der Waals surface area contributed by atoms with Gasteiger partial charge in [0.25, 0.3) is 5.69 Å². The first-order valence-electron chi connectivity index (χ1n) is 8.78. The molecule has 0 saturated carbocycles. The number of rotatable bonds is 6. The number of hydrogen-bond donors (Lipinski definition) is 0. The monoisotopic (exact) mass is 433 g/mol. The first-order valence-corrected chi connectivity index (χ1v) is 11.3. The Bertz CT molecular complexity index is 1260. The fraction of sp³-hybridized carbons (Fsp3) is 0.263. The number of nitro groups is 1. The van der Waals surface area contributed by atoms with E-state index in [-0.39, 0.29) is 29.2 Å². The van der Waals surface area contributed by atoms with Gasteiger partial charge < -0.3 is 4.57 Å². The number of fused-ring (bicyclic) bond motifs is 1. The van der Waals surface area contributed by atoms with Crippen molar-refractivity contribution in [2.75, 3.05) is 5.75 Å². The van der Waals surface area contributed by atoms with E-state index in [1.165, 1.54) is 23.5 Å². The van der Waals surface area contributed by atoms with Crippen LogP contribution in [-0.4, -0.2) is 29.6 Å². The average molecular weight is 434 g/mol. The molecule has 0 radical (unpaired) electrons. The third-order valence-electron chi connectivity index (χ3n) is 4.41. The van der Waals surface area contributed by atoms with Crippen molar-refractivity contribution in [3.63, 3.8) is 0 Å². The summed E-state index contributed by atoms with van der Waals surface area (Å²) in [6, 6.07) is 11.1. The molecule has 10 heteroatoms. The van der Waals surface area contributed by atoms with E-state index < -0.39 is 20.7 Å². The molecule has 1 heterocycles. The lowest BCUT2D eigenvalue weighted by atomic mass is 10.2. The lowest BCUT2D eigenvalue weighted by Crippen LogP contribution is -2.14. The highest BCUT2D eigenvalue weighted by Gasteiger charge is 2.15. The Morgan fingerprint density at radius 1 is 1.21 bits per heavy atom. The van der Waals surface area contributed by atoms with Gasteiger partial charge in [0, 0.05) is 25.6 Å². The molecule has 0 aliphatic rings. The number of carbonyl (C=O) groups excluding carboxylic acids is 1. The summed E-state index contributed by atoms with van der Waals surface area (Å²) < 4.78 is 27.0. The Morgan fingerprint density at radius 3 is 2.55 bits per heavy atom. The number of thiazole rings is 1. The maximum atomic E-state index is 12.3. The van der Waals surface area contributed by atoms with Gasteiger partial charge in [0.2, 0.25) is 5.91 Å². The van der Waals surface area contributed by atoms with Crippen molar-refractivity contribution in [3.05, 3.63) is 62.9 Å². The van der Waals surface area contributed by atoms with E-state index in [9.17, 15) is 23.3 Å². The molecule has 0 unspecified atom stereocenters. The van der Waals surface area contributed by atoms with Crippen LogP contribution in [0.2, 0.25) is 0 Å². The Hall–Kier alpha value is -2.85. The SMILES string of the molecule is Cc1ccc(S(=O)(=O)CCCC(=O)N=c2sc3cc([N+](=O)[O-])ccc3n2C)cc1. The molecule has 0 saturated heterocycles. The molecule has 0 bridgehead atoms. The molecule has 2 aromatic carbocycles. The fourth-order valence-electron chi connectivity index (χ4n) is 2.78. The highest BCUT2D eigenvalue weighted by atomic mass is 32.2. The highest BCUT2D eigenvalue weighted by molar-refractivity contribution is 7.91. The highest BCUT2D eigenvalue weighted by Crippen LogP contribution is 2.22. The van der Waals surface area contributed by atoms with E-state index in [0.717, 1.165) is 11.1 Å². The fourth-order valence-corrected chi connectivity index (χ4v) is 5.16. The molecule has 0 spiro atoms. The third-order valence-corrected chi connectivity index (χ3v) is 7.32. The predicted octanol–water partition coefficient (Wildman–Crippen LogP) is 3.14. The number of aryl methyl sites for hydroxylation is 2. The van der Waals surface area contributed by atoms with Crippen LogP contribution in [0.1, 0.15) is 18.4 Å². The molecular weight excluding hydrogens is 414 g/mol. The van der Waals surface area contributed by atoms with Crippen LogP contribution in [0, 0.1) is 17.0 Å². The normalized spacial score (nSPS) is 12.4. The van der Waals surface area contributed by atoms with Crippen molar-refractivity contribution < 1.29 is 18.1 Å². The third kappa shape index (κ3) is 4.77. The van der Waals surface area contributed by atoms with Crippen molar-refractivity contribution in [1.82, 2.24) is 4.57 Å². The number of benzene rings is 2. The summed E-state index contributed by atoms with van der Waals surface area (Å²) in [7, 11) is -1.73. The minimum absolute atomic E-state index is 0.000512. The maximum absolute atomic E-state index is 12.3. The number of carbonyl (C=O) groups is 1. The largest absolute Gasteiger partial charge is 0.319 e. The summed E-state index contributed by atoms with van der Waals surface area (Å²) in [4.78, 5) is 27.3. The molecule has 3 rings (SSSR count). The Balaban J connectivity index is 1.71. The number of sulfone groups is 1. The van der Waals surface area contributed by atoms with Crippen molar-refractivity contribution in [2.45, 2.75) is 24.7 Å². The lowest BCUT2D eigenvalue weighted by Gasteiger charge is -2.04. The summed E-state index contributed by atoms with van der Waals surface area (Å²) in [5, 5.41) is 10.9. The summed E-state index contributed by atoms with van der Waals surface area (Å²) in [5.41, 5.74) is 1.67. The van der Waals surface area contributed by atoms with Crippen molar-refractivity contribution in [2.24, 2.45) is 12.0 Å². The molecular formula is C19H19N3O5S2. The van der Waals surface area contributed by atoms with E-state index in [4.69, 9.17) is 0 Å². The second-order valence-electron chi connectivity index (χ2n) is 6.59. The predicted molar refractivity (Wildman–Crippen MR) is 110 cm³/mol. The summed E-state index contributed by atoms with van der Waals surface area (Å²) in [6.07, 6.45) is 0.165. The second kappa shape index (κ2) is 8.26. The van der Waals surface area contributed by atoms with Gasteiger partial charge in [0.05, 0.1) is 25.8 Å². The zero-order chi connectivity index (χ0) is 21.2. The van der Waals surface area contributed by atoms with Gasteiger partial charge in [-0.05, 0) is 31.5 Å². The molecule has 0 fully saturated rings. The van der Waals surface area contributed by atoms with Gasteiger partial charge in [-0.1, -0.05) is 29.0 Å². The van der Waals surface area contributed by atoms with E-state index in [0.29, 0.717) is 9.50 Å². The quantitative estimate of drug-likeness (QED) is 0.438. The maximum Gasteiger partial charge on any atom is 0.270 e. The average Bonchev–Trinajstić information content (AvgIpc) is 2.97. The molecule has 0 N–H and O–H groups in total. The molecule has 0 aliphatic carbocycles. The Labute approximate surface area is 171 Å². The molecule has 0 aliphatic heterocycles. The summed E-state index contributed by atoms with van der Waals surface area (Å²) in [6.45, 7) is 1.88. The minimum Gasteiger partial charge on any atom is -0.319 e. The van der Waals surface area contributed by atoms with E-state index >= 15 is 0 Å². The van der Waals surface area contributed by atoms with Crippen LogP contribution in [0.15, 0.2) is 52.4 Å². The van der Waals surface area contributed by atoms with Crippen LogP contribution in [0.3, 0.4) is 0 Å². The number of amides is 1.